The van der Waals surface area contributed by atoms with Gasteiger partial charge in [-0.25, -0.2) is 0 Å². The topological polar surface area (TPSA) is 19.1 Å². The van der Waals surface area contributed by atoms with Gasteiger partial charge >= 0.3 is 0 Å². The maximum absolute atomic E-state index is 6.43. The number of hydrogen-bond acceptors (Lipinski definition) is 1. The SMILES string of the molecule is c1ccc2c(c1)ccc1c2c2ccccc2n1-c1ccc(-c2ccc3c(c2)-n2c4ccccc4c4cccc(c42)O3)cc1. The zero-order valence-electron chi connectivity index (χ0n) is 23.2. The maximum atomic E-state index is 6.43. The smallest absolute Gasteiger partial charge is 0.152 e. The highest BCUT2D eigenvalue weighted by molar-refractivity contribution is 6.21. The molecule has 0 saturated heterocycles. The molecule has 7 aromatic carbocycles. The first-order valence-corrected chi connectivity index (χ1v) is 14.7. The van der Waals surface area contributed by atoms with Crippen LogP contribution in [-0.2, 0) is 0 Å². The molecule has 3 nitrogen and oxygen atoms in total. The lowest BCUT2D eigenvalue weighted by atomic mass is 10.0. The number of rotatable bonds is 2. The van der Waals surface area contributed by atoms with Crippen molar-refractivity contribution in [1.29, 1.82) is 0 Å². The first-order valence-electron chi connectivity index (χ1n) is 14.7. The molecule has 1 aliphatic heterocycles. The number of hydrogen-bond donors (Lipinski definition) is 0. The third-order valence-electron chi connectivity index (χ3n) is 9.10. The molecular formula is C40H24N2O. The van der Waals surface area contributed by atoms with E-state index in [1.54, 1.807) is 0 Å². The average molecular weight is 549 g/mol. The molecule has 3 heteroatoms. The molecule has 0 aliphatic carbocycles. The molecule has 0 radical (unpaired) electrons. The molecule has 0 atom stereocenters. The summed E-state index contributed by atoms with van der Waals surface area (Å²) in [5, 5.41) is 7.59. The van der Waals surface area contributed by atoms with Crippen molar-refractivity contribution in [2.75, 3.05) is 0 Å². The van der Waals surface area contributed by atoms with E-state index in [0.717, 1.165) is 34.0 Å². The molecule has 0 bridgehead atoms. The van der Waals surface area contributed by atoms with Gasteiger partial charge in [0.05, 0.1) is 27.8 Å². The largest absolute Gasteiger partial charge is 0.453 e. The predicted octanol–water partition coefficient (Wildman–Crippen LogP) is 10.8. The lowest BCUT2D eigenvalue weighted by molar-refractivity contribution is 0.476. The van der Waals surface area contributed by atoms with Gasteiger partial charge in [0.2, 0.25) is 0 Å². The van der Waals surface area contributed by atoms with Gasteiger partial charge < -0.3 is 13.9 Å². The first-order chi connectivity index (χ1) is 21.3. The fraction of sp³-hybridized carbons (Fsp3) is 0. The van der Waals surface area contributed by atoms with Crippen LogP contribution in [0.1, 0.15) is 0 Å². The van der Waals surface area contributed by atoms with E-state index in [9.17, 15) is 0 Å². The molecule has 0 spiro atoms. The molecule has 2 aromatic heterocycles. The van der Waals surface area contributed by atoms with E-state index < -0.39 is 0 Å². The Kier molecular flexibility index (Phi) is 4.45. The fourth-order valence-corrected chi connectivity index (χ4v) is 7.22. The average Bonchev–Trinajstić information content (AvgIpc) is 3.60. The van der Waals surface area contributed by atoms with E-state index in [1.807, 2.05) is 0 Å². The van der Waals surface area contributed by atoms with Crippen molar-refractivity contribution in [2.24, 2.45) is 0 Å². The normalized spacial score (nSPS) is 12.4. The zero-order chi connectivity index (χ0) is 28.1. The van der Waals surface area contributed by atoms with E-state index in [1.165, 1.54) is 54.4 Å². The van der Waals surface area contributed by atoms with Crippen molar-refractivity contribution in [3.63, 3.8) is 0 Å². The van der Waals surface area contributed by atoms with Crippen LogP contribution < -0.4 is 4.74 Å². The van der Waals surface area contributed by atoms with Crippen molar-refractivity contribution >= 4 is 54.4 Å². The van der Waals surface area contributed by atoms with Gasteiger partial charge in [0.1, 0.15) is 0 Å². The molecule has 10 rings (SSSR count). The van der Waals surface area contributed by atoms with Crippen molar-refractivity contribution in [3.05, 3.63) is 146 Å². The van der Waals surface area contributed by atoms with E-state index in [0.29, 0.717) is 0 Å². The number of fused-ring (bicyclic) bond motifs is 10. The molecule has 3 heterocycles. The molecule has 9 aromatic rings. The maximum Gasteiger partial charge on any atom is 0.152 e. The van der Waals surface area contributed by atoms with Crippen molar-refractivity contribution in [1.82, 2.24) is 9.13 Å². The number of para-hydroxylation sites is 3. The summed E-state index contributed by atoms with van der Waals surface area (Å²) < 4.78 is 11.2. The van der Waals surface area contributed by atoms with E-state index in [2.05, 4.69) is 155 Å². The number of nitrogens with zero attached hydrogens (tertiary/aromatic N) is 2. The quantitative estimate of drug-likeness (QED) is 0.210. The summed E-state index contributed by atoms with van der Waals surface area (Å²) >= 11 is 0. The molecular weight excluding hydrogens is 524 g/mol. The lowest BCUT2D eigenvalue weighted by Crippen LogP contribution is -2.04. The molecule has 43 heavy (non-hydrogen) atoms. The zero-order valence-corrected chi connectivity index (χ0v) is 23.2. The van der Waals surface area contributed by atoms with Crippen LogP contribution >= 0.6 is 0 Å². The molecule has 200 valence electrons. The summed E-state index contributed by atoms with van der Waals surface area (Å²) in [6.07, 6.45) is 0. The Morgan fingerprint density at radius 2 is 1.12 bits per heavy atom. The van der Waals surface area contributed by atoms with Crippen LogP contribution in [0.5, 0.6) is 11.5 Å². The molecule has 1 aliphatic rings. The number of aromatic nitrogens is 2. The summed E-state index contributed by atoms with van der Waals surface area (Å²) in [5.74, 6) is 1.77. The van der Waals surface area contributed by atoms with Crippen molar-refractivity contribution < 1.29 is 4.74 Å². The van der Waals surface area contributed by atoms with Crippen LogP contribution in [0, 0.1) is 0 Å². The summed E-state index contributed by atoms with van der Waals surface area (Å²) in [4.78, 5) is 0. The monoisotopic (exact) mass is 548 g/mol. The van der Waals surface area contributed by atoms with Gasteiger partial charge in [-0.2, -0.15) is 0 Å². The van der Waals surface area contributed by atoms with E-state index in [-0.39, 0.29) is 0 Å². The molecule has 0 N–H and O–H groups in total. The second-order valence-electron chi connectivity index (χ2n) is 11.4. The van der Waals surface area contributed by atoms with E-state index >= 15 is 0 Å². The minimum absolute atomic E-state index is 0.874. The summed E-state index contributed by atoms with van der Waals surface area (Å²) in [5.41, 5.74) is 9.31. The van der Waals surface area contributed by atoms with Crippen LogP contribution in [-0.4, -0.2) is 9.13 Å². The minimum atomic E-state index is 0.874. The highest BCUT2D eigenvalue weighted by Gasteiger charge is 2.24. The lowest BCUT2D eigenvalue weighted by Gasteiger charge is -2.21. The first kappa shape index (κ1) is 22.8. The summed E-state index contributed by atoms with van der Waals surface area (Å²) in [6, 6.07) is 52.3. The van der Waals surface area contributed by atoms with Gasteiger partial charge in [-0.3, -0.25) is 0 Å². The fourth-order valence-electron chi connectivity index (χ4n) is 7.22. The van der Waals surface area contributed by atoms with Gasteiger partial charge in [0.25, 0.3) is 0 Å². The Balaban J connectivity index is 1.14. The van der Waals surface area contributed by atoms with Crippen LogP contribution in [0.4, 0.5) is 0 Å². The van der Waals surface area contributed by atoms with Crippen LogP contribution in [0.3, 0.4) is 0 Å². The Labute approximate surface area is 247 Å². The highest BCUT2D eigenvalue weighted by Crippen LogP contribution is 2.46. The Bertz CT molecular complexity index is 2580. The third kappa shape index (κ3) is 3.08. The molecule has 0 amide bonds. The van der Waals surface area contributed by atoms with Crippen molar-refractivity contribution in [2.45, 2.75) is 0 Å². The summed E-state index contributed by atoms with van der Waals surface area (Å²) in [6.45, 7) is 0. The standard InChI is InChI=1S/C40H24N2O/c1-2-9-29-26(8-1)18-22-35-39(29)32-11-4-6-14-34(32)41(35)28-20-16-25(17-21-28)27-19-23-37-36(24-27)42-33-13-5-3-10-30(33)31-12-7-15-38(43-37)40(31)42/h1-24H. The molecule has 0 saturated carbocycles. The van der Waals surface area contributed by atoms with Crippen LogP contribution in [0.2, 0.25) is 0 Å². The second kappa shape index (κ2) is 8.37. The van der Waals surface area contributed by atoms with Crippen molar-refractivity contribution in [3.8, 4) is 34.0 Å². The Morgan fingerprint density at radius 3 is 1.98 bits per heavy atom. The third-order valence-corrected chi connectivity index (χ3v) is 9.10. The summed E-state index contributed by atoms with van der Waals surface area (Å²) in [7, 11) is 0. The van der Waals surface area contributed by atoms with Gasteiger partial charge in [-0.15, -0.1) is 0 Å². The second-order valence-corrected chi connectivity index (χ2v) is 11.4. The van der Waals surface area contributed by atoms with Gasteiger partial charge in [-0.1, -0.05) is 97.1 Å². The highest BCUT2D eigenvalue weighted by atomic mass is 16.5. The molecule has 0 fully saturated rings. The van der Waals surface area contributed by atoms with Gasteiger partial charge in [-0.05, 0) is 70.4 Å². The van der Waals surface area contributed by atoms with Crippen LogP contribution in [0.25, 0.3) is 76.9 Å². The predicted molar refractivity (Wildman–Crippen MR) is 178 cm³/mol. The van der Waals surface area contributed by atoms with E-state index in [4.69, 9.17) is 4.74 Å². The number of benzene rings is 7. The minimum Gasteiger partial charge on any atom is -0.453 e. The van der Waals surface area contributed by atoms with Crippen LogP contribution in [0.15, 0.2) is 146 Å². The van der Waals surface area contributed by atoms with Gasteiger partial charge in [0, 0.05) is 27.2 Å². The van der Waals surface area contributed by atoms with Gasteiger partial charge in [0.15, 0.2) is 11.5 Å². The Morgan fingerprint density at radius 1 is 0.419 bits per heavy atom. The molecule has 0 unspecified atom stereocenters. The Hall–Kier alpha value is -5.80. The number of ether oxygens (including phenoxy) is 1.